The van der Waals surface area contributed by atoms with Crippen molar-refractivity contribution < 1.29 is 18.3 Å². The van der Waals surface area contributed by atoms with Crippen molar-refractivity contribution in [1.29, 1.82) is 0 Å². The Kier molecular flexibility index (Phi) is 6.18. The highest BCUT2D eigenvalue weighted by molar-refractivity contribution is 5.39. The number of alkyl halides is 2. The van der Waals surface area contributed by atoms with Gasteiger partial charge < -0.3 is 9.47 Å². The van der Waals surface area contributed by atoms with E-state index < -0.39 is 6.61 Å². The molecule has 0 radical (unpaired) electrons. The van der Waals surface area contributed by atoms with Crippen molar-refractivity contribution in [2.75, 3.05) is 27.3 Å². The summed E-state index contributed by atoms with van der Waals surface area (Å²) in [6, 6.07) is 5.22. The lowest BCUT2D eigenvalue weighted by molar-refractivity contribution is -0.0511. The average molecular weight is 273 g/mol. The van der Waals surface area contributed by atoms with Gasteiger partial charge in [-0.1, -0.05) is 17.7 Å². The third kappa shape index (κ3) is 4.76. The molecule has 3 nitrogen and oxygen atoms in total. The van der Waals surface area contributed by atoms with Crippen molar-refractivity contribution >= 4 is 0 Å². The van der Waals surface area contributed by atoms with Gasteiger partial charge in [0.2, 0.25) is 0 Å². The van der Waals surface area contributed by atoms with Gasteiger partial charge in [-0.15, -0.1) is 0 Å². The molecule has 19 heavy (non-hydrogen) atoms. The van der Waals surface area contributed by atoms with Crippen LogP contribution in [-0.2, 0) is 4.74 Å². The molecule has 0 saturated heterocycles. The van der Waals surface area contributed by atoms with Crippen molar-refractivity contribution in [3.8, 4) is 5.75 Å². The van der Waals surface area contributed by atoms with E-state index in [0.717, 1.165) is 17.7 Å². The lowest BCUT2D eigenvalue weighted by Gasteiger charge is -2.26. The Balaban J connectivity index is 2.92. The van der Waals surface area contributed by atoms with E-state index in [9.17, 15) is 8.78 Å². The molecule has 1 rings (SSSR count). The molecule has 0 bridgehead atoms. The Bertz CT molecular complexity index is 399. The molecule has 0 aliphatic rings. The summed E-state index contributed by atoms with van der Waals surface area (Å²) in [7, 11) is 3.56. The lowest BCUT2D eigenvalue weighted by atomic mass is 10.0. The van der Waals surface area contributed by atoms with Gasteiger partial charge >= 0.3 is 6.61 Å². The highest BCUT2D eigenvalue weighted by atomic mass is 19.3. The molecule has 0 N–H and O–H groups in total. The number of hydrogen-bond acceptors (Lipinski definition) is 3. The fourth-order valence-electron chi connectivity index (χ4n) is 1.86. The van der Waals surface area contributed by atoms with Gasteiger partial charge in [0.1, 0.15) is 5.75 Å². The number of likely N-dealkylation sites (N-methyl/N-ethyl adjacent to an activating group) is 1. The highest BCUT2D eigenvalue weighted by Crippen LogP contribution is 2.30. The molecule has 0 saturated carbocycles. The predicted octanol–water partition coefficient (Wildman–Crippen LogP) is 3.24. The molecular weight excluding hydrogens is 252 g/mol. The minimum absolute atomic E-state index is 0.0243. The van der Waals surface area contributed by atoms with Crippen LogP contribution in [0.1, 0.15) is 24.1 Å². The fraction of sp³-hybridized carbons (Fsp3) is 0.571. The Morgan fingerprint density at radius 2 is 2.00 bits per heavy atom. The van der Waals surface area contributed by atoms with Crippen molar-refractivity contribution in [2.24, 2.45) is 0 Å². The Morgan fingerprint density at radius 1 is 1.32 bits per heavy atom. The highest BCUT2D eigenvalue weighted by Gasteiger charge is 2.18. The standard InChI is InChI=1S/C14H21F2NO2/c1-10-5-6-13(19-14(15)16)12(9-10)11(2)17(3)7-8-18-4/h5-6,9,11,14H,7-8H2,1-4H3. The van der Waals surface area contributed by atoms with Crippen LogP contribution in [0.15, 0.2) is 18.2 Å². The normalized spacial score (nSPS) is 13.1. The van der Waals surface area contributed by atoms with Crippen LogP contribution in [0.2, 0.25) is 0 Å². The first-order chi connectivity index (χ1) is 8.95. The molecule has 1 aromatic rings. The van der Waals surface area contributed by atoms with Crippen LogP contribution in [0.4, 0.5) is 8.78 Å². The first kappa shape index (κ1) is 15.9. The van der Waals surface area contributed by atoms with Gasteiger partial charge in [-0.2, -0.15) is 8.78 Å². The Hall–Kier alpha value is -1.20. The molecular formula is C14H21F2NO2. The third-order valence-corrected chi connectivity index (χ3v) is 3.14. The Morgan fingerprint density at radius 3 is 2.58 bits per heavy atom. The molecule has 1 atom stereocenters. The molecule has 0 aliphatic heterocycles. The number of hydrogen-bond donors (Lipinski definition) is 0. The lowest BCUT2D eigenvalue weighted by Crippen LogP contribution is -2.26. The zero-order chi connectivity index (χ0) is 14.4. The van der Waals surface area contributed by atoms with E-state index in [0.29, 0.717) is 6.61 Å². The number of aryl methyl sites for hydroxylation is 1. The first-order valence-electron chi connectivity index (χ1n) is 6.20. The first-order valence-corrected chi connectivity index (χ1v) is 6.20. The average Bonchev–Trinajstić information content (AvgIpc) is 2.36. The smallest absolute Gasteiger partial charge is 0.387 e. The zero-order valence-corrected chi connectivity index (χ0v) is 11.8. The molecule has 0 heterocycles. The van der Waals surface area contributed by atoms with Crippen LogP contribution >= 0.6 is 0 Å². The summed E-state index contributed by atoms with van der Waals surface area (Å²) >= 11 is 0. The van der Waals surface area contributed by atoms with Gasteiger partial charge in [0, 0.05) is 25.3 Å². The maximum Gasteiger partial charge on any atom is 0.387 e. The second-order valence-electron chi connectivity index (χ2n) is 4.57. The van der Waals surface area contributed by atoms with E-state index in [-0.39, 0.29) is 11.8 Å². The molecule has 0 aliphatic carbocycles. The van der Waals surface area contributed by atoms with Gasteiger partial charge in [0.15, 0.2) is 0 Å². The second-order valence-corrected chi connectivity index (χ2v) is 4.57. The molecule has 1 aromatic carbocycles. The number of benzene rings is 1. The van der Waals surface area contributed by atoms with Gasteiger partial charge in [-0.25, -0.2) is 0 Å². The van der Waals surface area contributed by atoms with E-state index in [2.05, 4.69) is 4.74 Å². The topological polar surface area (TPSA) is 21.7 Å². The number of methoxy groups -OCH3 is 1. The molecule has 0 aromatic heterocycles. The maximum atomic E-state index is 12.4. The van der Waals surface area contributed by atoms with Gasteiger partial charge in [0.05, 0.1) is 6.61 Å². The van der Waals surface area contributed by atoms with Crippen LogP contribution in [0, 0.1) is 6.92 Å². The van der Waals surface area contributed by atoms with Gasteiger partial charge in [0.25, 0.3) is 0 Å². The summed E-state index contributed by atoms with van der Waals surface area (Å²) in [6.07, 6.45) is 0. The summed E-state index contributed by atoms with van der Waals surface area (Å²) in [5.41, 5.74) is 1.78. The maximum absolute atomic E-state index is 12.4. The van der Waals surface area contributed by atoms with E-state index in [1.165, 1.54) is 0 Å². The van der Waals surface area contributed by atoms with Crippen LogP contribution in [0.25, 0.3) is 0 Å². The summed E-state index contributed by atoms with van der Waals surface area (Å²) in [5, 5.41) is 0. The van der Waals surface area contributed by atoms with Crippen LogP contribution in [-0.4, -0.2) is 38.8 Å². The largest absolute Gasteiger partial charge is 0.434 e. The van der Waals surface area contributed by atoms with Gasteiger partial charge in [-0.05, 0) is 27.0 Å². The van der Waals surface area contributed by atoms with E-state index in [1.54, 1.807) is 19.2 Å². The molecule has 0 amide bonds. The summed E-state index contributed by atoms with van der Waals surface area (Å²) < 4.78 is 34.4. The van der Waals surface area contributed by atoms with Crippen LogP contribution in [0.5, 0.6) is 5.75 Å². The van der Waals surface area contributed by atoms with Crippen molar-refractivity contribution in [1.82, 2.24) is 4.90 Å². The van der Waals surface area contributed by atoms with E-state index in [4.69, 9.17) is 4.74 Å². The molecule has 5 heteroatoms. The monoisotopic (exact) mass is 273 g/mol. The van der Waals surface area contributed by atoms with E-state index in [1.807, 2.05) is 31.9 Å². The SMILES string of the molecule is COCCN(C)C(C)c1cc(C)ccc1OC(F)F. The number of nitrogens with zero attached hydrogens (tertiary/aromatic N) is 1. The van der Waals surface area contributed by atoms with Crippen LogP contribution in [0.3, 0.4) is 0 Å². The summed E-state index contributed by atoms with van der Waals surface area (Å²) in [4.78, 5) is 2.04. The summed E-state index contributed by atoms with van der Waals surface area (Å²) in [5.74, 6) is 0.234. The second kappa shape index (κ2) is 7.40. The number of halogens is 2. The third-order valence-electron chi connectivity index (χ3n) is 3.14. The van der Waals surface area contributed by atoms with Crippen molar-refractivity contribution in [2.45, 2.75) is 26.5 Å². The molecule has 108 valence electrons. The van der Waals surface area contributed by atoms with Crippen molar-refractivity contribution in [3.63, 3.8) is 0 Å². The minimum Gasteiger partial charge on any atom is -0.434 e. The Labute approximate surface area is 113 Å². The number of ether oxygens (including phenoxy) is 2. The predicted molar refractivity (Wildman–Crippen MR) is 70.7 cm³/mol. The molecule has 0 fully saturated rings. The quantitative estimate of drug-likeness (QED) is 0.761. The van der Waals surface area contributed by atoms with Crippen LogP contribution < -0.4 is 4.74 Å². The molecule has 1 unspecified atom stereocenters. The zero-order valence-electron chi connectivity index (χ0n) is 11.8. The fourth-order valence-corrected chi connectivity index (χ4v) is 1.86. The van der Waals surface area contributed by atoms with Crippen molar-refractivity contribution in [3.05, 3.63) is 29.3 Å². The summed E-state index contributed by atoms with van der Waals surface area (Å²) in [6.45, 7) is 2.40. The molecule has 0 spiro atoms. The van der Waals surface area contributed by atoms with Gasteiger partial charge in [-0.3, -0.25) is 4.90 Å². The minimum atomic E-state index is -2.81. The van der Waals surface area contributed by atoms with E-state index >= 15 is 0 Å². The number of rotatable bonds is 7.